The summed E-state index contributed by atoms with van der Waals surface area (Å²) in [6.07, 6.45) is 2.23. The maximum absolute atomic E-state index is 13.2. The standard InChI is InChI=1S/C22H23NO4/c1-2-18-21-14-8-13-19(24)22(21,27-21)16-11-6-7-12-17(16)23(18)20(25)26-15-9-4-3-5-10-15/h3-7,9-12,18-19,24H,2,8,13-14H2,1H3. The molecule has 5 rings (SSSR count). The molecule has 0 spiro atoms. The van der Waals surface area contributed by atoms with Crippen molar-refractivity contribution in [3.63, 3.8) is 0 Å². The Kier molecular flexibility index (Phi) is 3.61. The molecule has 2 aromatic carbocycles. The molecule has 0 aromatic heterocycles. The van der Waals surface area contributed by atoms with E-state index in [1.165, 1.54) is 0 Å². The quantitative estimate of drug-likeness (QED) is 0.818. The van der Waals surface area contributed by atoms with Crippen molar-refractivity contribution >= 4 is 11.8 Å². The molecule has 1 N–H and O–H groups in total. The second-order valence-electron chi connectivity index (χ2n) is 7.63. The van der Waals surface area contributed by atoms with Gasteiger partial charge in [0, 0.05) is 5.56 Å². The number of fused-ring (bicyclic) bond motifs is 1. The fourth-order valence-electron chi connectivity index (χ4n) is 5.31. The lowest BCUT2D eigenvalue weighted by Crippen LogP contribution is -2.59. The van der Waals surface area contributed by atoms with E-state index in [1.54, 1.807) is 17.0 Å². The second kappa shape index (κ2) is 5.81. The summed E-state index contributed by atoms with van der Waals surface area (Å²) in [4.78, 5) is 14.9. The number of aliphatic hydroxyl groups excluding tert-OH is 1. The number of carbonyl (C=O) groups excluding carboxylic acids is 1. The molecule has 2 aromatic rings. The molecule has 0 bridgehead atoms. The molecule has 27 heavy (non-hydrogen) atoms. The SMILES string of the molecule is CCC1N(C(=O)Oc2ccccc2)c2ccccc2C23OC12CCCC3O. The van der Waals surface area contributed by atoms with E-state index in [0.717, 1.165) is 36.9 Å². The lowest BCUT2D eigenvalue weighted by Gasteiger charge is -2.44. The minimum absolute atomic E-state index is 0.168. The van der Waals surface area contributed by atoms with Crippen molar-refractivity contribution in [3.8, 4) is 5.75 Å². The molecule has 1 aliphatic carbocycles. The molecule has 3 aliphatic rings. The van der Waals surface area contributed by atoms with Crippen LogP contribution in [0.1, 0.15) is 38.2 Å². The fraction of sp³-hybridized carbons (Fsp3) is 0.409. The normalized spacial score (nSPS) is 33.5. The van der Waals surface area contributed by atoms with Gasteiger partial charge >= 0.3 is 6.09 Å². The number of ether oxygens (including phenoxy) is 2. The van der Waals surface area contributed by atoms with Crippen LogP contribution in [0.4, 0.5) is 10.5 Å². The van der Waals surface area contributed by atoms with E-state index in [9.17, 15) is 9.90 Å². The van der Waals surface area contributed by atoms with Crippen molar-refractivity contribution in [1.82, 2.24) is 0 Å². The zero-order valence-electron chi connectivity index (χ0n) is 15.3. The van der Waals surface area contributed by atoms with Crippen LogP contribution in [0.5, 0.6) is 5.75 Å². The Labute approximate surface area is 158 Å². The molecular weight excluding hydrogens is 342 g/mol. The first-order valence-corrected chi connectivity index (χ1v) is 9.68. The summed E-state index contributed by atoms with van der Waals surface area (Å²) in [5.41, 5.74) is 0.460. The van der Waals surface area contributed by atoms with Gasteiger partial charge in [-0.25, -0.2) is 4.79 Å². The van der Waals surface area contributed by atoms with Crippen LogP contribution in [0, 0.1) is 0 Å². The smallest absolute Gasteiger partial charge is 0.410 e. The summed E-state index contributed by atoms with van der Waals surface area (Å²) < 4.78 is 12.1. The summed E-state index contributed by atoms with van der Waals surface area (Å²) in [6, 6.07) is 16.7. The molecule has 1 amide bonds. The molecule has 1 saturated heterocycles. The van der Waals surface area contributed by atoms with Gasteiger partial charge in [-0.2, -0.15) is 0 Å². The monoisotopic (exact) mass is 365 g/mol. The van der Waals surface area contributed by atoms with Gasteiger partial charge in [0.25, 0.3) is 0 Å². The van der Waals surface area contributed by atoms with Crippen molar-refractivity contribution in [3.05, 3.63) is 60.2 Å². The topological polar surface area (TPSA) is 62.3 Å². The number of anilines is 1. The summed E-state index contributed by atoms with van der Waals surface area (Å²) in [6.45, 7) is 2.06. The van der Waals surface area contributed by atoms with E-state index in [4.69, 9.17) is 9.47 Å². The third-order valence-electron chi connectivity index (χ3n) is 6.37. The Morgan fingerprint density at radius 1 is 1.22 bits per heavy atom. The van der Waals surface area contributed by atoms with Crippen LogP contribution < -0.4 is 9.64 Å². The Morgan fingerprint density at radius 3 is 2.74 bits per heavy atom. The lowest BCUT2D eigenvalue weighted by atomic mass is 9.67. The number of nitrogens with zero attached hydrogens (tertiary/aromatic N) is 1. The highest BCUT2D eigenvalue weighted by atomic mass is 16.6. The van der Waals surface area contributed by atoms with Crippen molar-refractivity contribution in [2.45, 2.75) is 56.0 Å². The van der Waals surface area contributed by atoms with E-state index in [2.05, 4.69) is 6.92 Å². The fourth-order valence-corrected chi connectivity index (χ4v) is 5.31. The van der Waals surface area contributed by atoms with Crippen molar-refractivity contribution < 1.29 is 19.4 Å². The van der Waals surface area contributed by atoms with Crippen LogP contribution in [0.3, 0.4) is 0 Å². The number of amides is 1. The van der Waals surface area contributed by atoms with Gasteiger partial charge in [-0.15, -0.1) is 0 Å². The first kappa shape index (κ1) is 16.8. The van der Waals surface area contributed by atoms with Gasteiger partial charge in [0.15, 0.2) is 5.60 Å². The highest BCUT2D eigenvalue weighted by molar-refractivity contribution is 5.93. The molecule has 4 atom stereocenters. The van der Waals surface area contributed by atoms with E-state index in [-0.39, 0.29) is 6.04 Å². The average Bonchev–Trinajstić information content (AvgIpc) is 3.41. The number of para-hydroxylation sites is 2. The highest BCUT2D eigenvalue weighted by Gasteiger charge is 2.81. The second-order valence-corrected chi connectivity index (χ2v) is 7.63. The van der Waals surface area contributed by atoms with Gasteiger partial charge in [0.05, 0.1) is 17.8 Å². The number of aliphatic hydroxyl groups is 1. The van der Waals surface area contributed by atoms with Crippen LogP contribution >= 0.6 is 0 Å². The van der Waals surface area contributed by atoms with Crippen LogP contribution in [-0.2, 0) is 10.3 Å². The van der Waals surface area contributed by atoms with E-state index in [1.807, 2.05) is 42.5 Å². The summed E-state index contributed by atoms with van der Waals surface area (Å²) in [5.74, 6) is 0.518. The molecule has 4 unspecified atom stereocenters. The van der Waals surface area contributed by atoms with Gasteiger partial charge in [-0.1, -0.05) is 43.3 Å². The molecule has 0 radical (unpaired) electrons. The van der Waals surface area contributed by atoms with Crippen LogP contribution in [0.25, 0.3) is 0 Å². The molecule has 2 aliphatic heterocycles. The van der Waals surface area contributed by atoms with Gasteiger partial charge < -0.3 is 14.6 Å². The maximum atomic E-state index is 13.2. The molecule has 5 nitrogen and oxygen atoms in total. The lowest BCUT2D eigenvalue weighted by molar-refractivity contribution is 0.0584. The molecule has 2 heterocycles. The number of carbonyl (C=O) groups is 1. The maximum Gasteiger partial charge on any atom is 0.420 e. The summed E-state index contributed by atoms with van der Waals surface area (Å²) >= 11 is 0. The molecule has 1 saturated carbocycles. The number of rotatable bonds is 2. The van der Waals surface area contributed by atoms with Gasteiger partial charge in [-0.3, -0.25) is 4.90 Å². The number of hydrogen-bond donors (Lipinski definition) is 1. The zero-order chi connectivity index (χ0) is 18.6. The predicted molar refractivity (Wildman–Crippen MR) is 101 cm³/mol. The Balaban J connectivity index is 1.61. The Morgan fingerprint density at radius 2 is 1.96 bits per heavy atom. The molecule has 140 valence electrons. The zero-order valence-corrected chi connectivity index (χ0v) is 15.3. The predicted octanol–water partition coefficient (Wildman–Crippen LogP) is 3.99. The molecule has 5 heteroatoms. The number of benzene rings is 2. The van der Waals surface area contributed by atoms with Gasteiger partial charge in [-0.05, 0) is 43.9 Å². The van der Waals surface area contributed by atoms with Crippen molar-refractivity contribution in [2.75, 3.05) is 4.90 Å². The molecule has 2 fully saturated rings. The van der Waals surface area contributed by atoms with E-state index < -0.39 is 23.4 Å². The van der Waals surface area contributed by atoms with Gasteiger partial charge in [0.2, 0.25) is 0 Å². The van der Waals surface area contributed by atoms with Crippen LogP contribution in [0.15, 0.2) is 54.6 Å². The van der Waals surface area contributed by atoms with Crippen molar-refractivity contribution in [2.24, 2.45) is 0 Å². The van der Waals surface area contributed by atoms with Gasteiger partial charge in [0.1, 0.15) is 11.4 Å². The van der Waals surface area contributed by atoms with Crippen LogP contribution in [0.2, 0.25) is 0 Å². The van der Waals surface area contributed by atoms with E-state index >= 15 is 0 Å². The minimum atomic E-state index is -0.688. The minimum Gasteiger partial charge on any atom is -0.410 e. The highest BCUT2D eigenvalue weighted by Crippen LogP contribution is 2.70. The van der Waals surface area contributed by atoms with E-state index in [0.29, 0.717) is 5.75 Å². The Hall–Kier alpha value is -2.37. The molecular formula is C22H23NO4. The third kappa shape index (κ3) is 2.10. The third-order valence-corrected chi connectivity index (χ3v) is 6.37. The largest absolute Gasteiger partial charge is 0.420 e. The van der Waals surface area contributed by atoms with Crippen LogP contribution in [-0.4, -0.2) is 28.9 Å². The average molecular weight is 365 g/mol. The summed E-state index contributed by atoms with van der Waals surface area (Å²) in [7, 11) is 0. The summed E-state index contributed by atoms with van der Waals surface area (Å²) in [5, 5.41) is 10.9. The number of epoxide rings is 1. The van der Waals surface area contributed by atoms with Crippen molar-refractivity contribution in [1.29, 1.82) is 0 Å². The number of hydrogen-bond acceptors (Lipinski definition) is 4. The Bertz CT molecular complexity index is 885. The first-order valence-electron chi connectivity index (χ1n) is 9.68. The first-order chi connectivity index (χ1) is 13.1.